The fourth-order valence-electron chi connectivity index (χ4n) is 2.63. The molecule has 120 valence electrons. The summed E-state index contributed by atoms with van der Waals surface area (Å²) in [6.07, 6.45) is 8.72. The number of Topliss-reactive ketones (excluding diaryl/α,β-unsaturated/α-hetero) is 1. The van der Waals surface area contributed by atoms with Gasteiger partial charge in [-0.2, -0.15) is 0 Å². The van der Waals surface area contributed by atoms with Crippen molar-refractivity contribution in [3.8, 4) is 0 Å². The summed E-state index contributed by atoms with van der Waals surface area (Å²) >= 11 is 0. The van der Waals surface area contributed by atoms with Crippen molar-refractivity contribution in [3.05, 3.63) is 11.3 Å². The molecule has 0 bridgehead atoms. The number of cyclic esters (lactones) is 1. The van der Waals surface area contributed by atoms with Crippen LogP contribution in [0.4, 0.5) is 0 Å². The van der Waals surface area contributed by atoms with Crippen LogP contribution < -0.4 is 0 Å². The fraction of sp³-hybridized carbons (Fsp3) is 0.765. The molecule has 1 aliphatic rings. The smallest absolute Gasteiger partial charge is 0.345 e. The van der Waals surface area contributed by atoms with E-state index in [4.69, 9.17) is 4.74 Å². The first-order chi connectivity index (χ1) is 10.1. The highest BCUT2D eigenvalue weighted by atomic mass is 16.5. The number of carbonyl (C=O) groups excluding carboxylic acids is 2. The van der Waals surface area contributed by atoms with Gasteiger partial charge < -0.3 is 9.84 Å². The number of aliphatic hydroxyl groups excluding tert-OH is 1. The monoisotopic (exact) mass is 296 g/mol. The first-order valence-corrected chi connectivity index (χ1v) is 8.26. The zero-order valence-electron chi connectivity index (χ0n) is 13.3. The van der Waals surface area contributed by atoms with Gasteiger partial charge in [0.1, 0.15) is 17.4 Å². The number of ketones is 1. The Morgan fingerprint density at radius 3 is 2.38 bits per heavy atom. The second-order valence-electron chi connectivity index (χ2n) is 5.78. The number of carbonyl (C=O) groups is 2. The van der Waals surface area contributed by atoms with Crippen LogP contribution in [0.15, 0.2) is 11.3 Å². The molecule has 1 aliphatic heterocycles. The molecule has 0 aromatic carbocycles. The third-order valence-corrected chi connectivity index (χ3v) is 3.82. The molecule has 1 saturated heterocycles. The first-order valence-electron chi connectivity index (χ1n) is 8.26. The minimum absolute atomic E-state index is 0.120. The van der Waals surface area contributed by atoms with Crippen LogP contribution in [0.1, 0.15) is 78.1 Å². The highest BCUT2D eigenvalue weighted by Crippen LogP contribution is 2.24. The summed E-state index contributed by atoms with van der Waals surface area (Å²) in [6, 6.07) is 0. The van der Waals surface area contributed by atoms with E-state index in [0.29, 0.717) is 12.8 Å². The van der Waals surface area contributed by atoms with E-state index in [-0.39, 0.29) is 29.6 Å². The molecule has 0 radical (unpaired) electrons. The van der Waals surface area contributed by atoms with Gasteiger partial charge in [0.05, 0.1) is 0 Å². The van der Waals surface area contributed by atoms with E-state index in [0.717, 1.165) is 19.3 Å². The van der Waals surface area contributed by atoms with Gasteiger partial charge in [0, 0.05) is 12.8 Å². The Hall–Kier alpha value is -1.32. The molecule has 0 saturated carbocycles. The lowest BCUT2D eigenvalue weighted by molar-refractivity contribution is -0.151. The van der Waals surface area contributed by atoms with Crippen molar-refractivity contribution in [2.75, 3.05) is 0 Å². The summed E-state index contributed by atoms with van der Waals surface area (Å²) in [5.41, 5.74) is -0.129. The van der Waals surface area contributed by atoms with E-state index < -0.39 is 5.97 Å². The van der Waals surface area contributed by atoms with Crippen molar-refractivity contribution in [1.29, 1.82) is 0 Å². The Labute approximate surface area is 127 Å². The van der Waals surface area contributed by atoms with E-state index in [2.05, 4.69) is 6.92 Å². The summed E-state index contributed by atoms with van der Waals surface area (Å²) in [5.74, 6) is -1.04. The van der Waals surface area contributed by atoms with Gasteiger partial charge in [0.2, 0.25) is 0 Å². The van der Waals surface area contributed by atoms with Gasteiger partial charge in [-0.3, -0.25) is 4.79 Å². The number of ether oxygens (including phenoxy) is 1. The molecule has 1 fully saturated rings. The molecule has 0 amide bonds. The first kappa shape index (κ1) is 17.7. The van der Waals surface area contributed by atoms with Crippen LogP contribution in [-0.2, 0) is 14.3 Å². The van der Waals surface area contributed by atoms with Crippen LogP contribution in [0.2, 0.25) is 0 Å². The third kappa shape index (κ3) is 5.90. The lowest BCUT2D eigenvalue weighted by Gasteiger charge is -2.23. The van der Waals surface area contributed by atoms with Crippen LogP contribution in [0.5, 0.6) is 0 Å². The van der Waals surface area contributed by atoms with E-state index in [1.807, 2.05) is 6.92 Å². The number of esters is 1. The maximum absolute atomic E-state index is 12.0. The van der Waals surface area contributed by atoms with Gasteiger partial charge in [-0.05, 0) is 19.3 Å². The van der Waals surface area contributed by atoms with Crippen LogP contribution in [-0.4, -0.2) is 23.0 Å². The predicted molar refractivity (Wildman–Crippen MR) is 82.1 cm³/mol. The van der Waals surface area contributed by atoms with E-state index in [1.165, 1.54) is 25.7 Å². The van der Waals surface area contributed by atoms with Crippen molar-refractivity contribution in [2.24, 2.45) is 0 Å². The lowest BCUT2D eigenvalue weighted by atomic mass is 9.96. The molecule has 4 heteroatoms. The largest absolute Gasteiger partial charge is 0.511 e. The normalized spacial score (nSPS) is 21.3. The van der Waals surface area contributed by atoms with Gasteiger partial charge in [-0.1, -0.05) is 46.0 Å². The van der Waals surface area contributed by atoms with Gasteiger partial charge in [-0.15, -0.1) is 0 Å². The molecule has 1 heterocycles. The van der Waals surface area contributed by atoms with Gasteiger partial charge in [-0.25, -0.2) is 4.79 Å². The maximum Gasteiger partial charge on any atom is 0.345 e. The van der Waals surface area contributed by atoms with Gasteiger partial charge >= 0.3 is 5.97 Å². The topological polar surface area (TPSA) is 63.6 Å². The summed E-state index contributed by atoms with van der Waals surface area (Å²) < 4.78 is 5.29. The summed E-state index contributed by atoms with van der Waals surface area (Å²) in [4.78, 5) is 23.8. The summed E-state index contributed by atoms with van der Waals surface area (Å²) in [5, 5.41) is 9.76. The Balaban J connectivity index is 2.38. The van der Waals surface area contributed by atoms with Crippen molar-refractivity contribution < 1.29 is 19.4 Å². The average Bonchev–Trinajstić information content (AvgIpc) is 2.42. The minimum Gasteiger partial charge on any atom is -0.511 e. The van der Waals surface area contributed by atoms with E-state index in [9.17, 15) is 14.7 Å². The van der Waals surface area contributed by atoms with Crippen molar-refractivity contribution in [2.45, 2.75) is 84.2 Å². The Kier molecular flexibility index (Phi) is 8.09. The van der Waals surface area contributed by atoms with Crippen LogP contribution in [0.3, 0.4) is 0 Å². The lowest BCUT2D eigenvalue weighted by Crippen LogP contribution is -2.33. The Bertz CT molecular complexity index is 364. The van der Waals surface area contributed by atoms with Crippen LogP contribution in [0, 0.1) is 0 Å². The quantitative estimate of drug-likeness (QED) is 0.227. The molecular weight excluding hydrogens is 268 g/mol. The summed E-state index contributed by atoms with van der Waals surface area (Å²) in [7, 11) is 0. The number of rotatable bonds is 9. The molecule has 0 aromatic heterocycles. The molecule has 21 heavy (non-hydrogen) atoms. The molecular formula is C17H28O4. The average molecular weight is 296 g/mol. The minimum atomic E-state index is -0.645. The zero-order chi connectivity index (χ0) is 15.7. The second-order valence-corrected chi connectivity index (χ2v) is 5.78. The SMILES string of the molecule is CCCCCCCCC1CC(=O)/C(=C(\O)CCC)C(=O)O1. The third-order valence-electron chi connectivity index (χ3n) is 3.82. The number of unbranched alkanes of at least 4 members (excludes halogenated alkanes) is 5. The van der Waals surface area contributed by atoms with E-state index in [1.54, 1.807) is 0 Å². The van der Waals surface area contributed by atoms with E-state index >= 15 is 0 Å². The Morgan fingerprint density at radius 1 is 1.10 bits per heavy atom. The van der Waals surface area contributed by atoms with Crippen molar-refractivity contribution >= 4 is 11.8 Å². The summed E-state index contributed by atoms with van der Waals surface area (Å²) in [6.45, 7) is 4.07. The van der Waals surface area contributed by atoms with Crippen LogP contribution >= 0.6 is 0 Å². The zero-order valence-corrected chi connectivity index (χ0v) is 13.3. The second kappa shape index (κ2) is 9.59. The standard InChI is InChI=1S/C17H28O4/c1-3-5-6-7-8-9-11-13-12-15(19)16(17(20)21-13)14(18)10-4-2/h13,18H,3-12H2,1-2H3/b16-14+. The number of aliphatic hydroxyl groups is 1. The number of allylic oxidation sites excluding steroid dienone is 1. The Morgan fingerprint density at radius 2 is 1.76 bits per heavy atom. The molecule has 1 N–H and O–H groups in total. The predicted octanol–water partition coefficient (Wildman–Crippen LogP) is 4.23. The van der Waals surface area contributed by atoms with Gasteiger partial charge in [0.25, 0.3) is 0 Å². The molecule has 1 atom stereocenters. The molecule has 0 aliphatic carbocycles. The molecule has 1 rings (SSSR count). The molecule has 1 unspecified atom stereocenters. The highest BCUT2D eigenvalue weighted by Gasteiger charge is 2.34. The highest BCUT2D eigenvalue weighted by molar-refractivity contribution is 6.19. The maximum atomic E-state index is 12.0. The van der Waals surface area contributed by atoms with Crippen LogP contribution in [0.25, 0.3) is 0 Å². The molecule has 0 spiro atoms. The number of hydrogen-bond donors (Lipinski definition) is 1. The number of hydrogen-bond acceptors (Lipinski definition) is 4. The molecule has 4 nitrogen and oxygen atoms in total. The van der Waals surface area contributed by atoms with Crippen molar-refractivity contribution in [3.63, 3.8) is 0 Å². The molecule has 0 aromatic rings. The fourth-order valence-corrected chi connectivity index (χ4v) is 2.63. The van der Waals surface area contributed by atoms with Gasteiger partial charge in [0.15, 0.2) is 5.78 Å². The van der Waals surface area contributed by atoms with Crippen molar-refractivity contribution in [1.82, 2.24) is 0 Å².